The van der Waals surface area contributed by atoms with E-state index in [1.165, 1.54) is 17.8 Å². The highest BCUT2D eigenvalue weighted by Crippen LogP contribution is 2.31. The van der Waals surface area contributed by atoms with E-state index in [4.69, 9.17) is 5.11 Å². The van der Waals surface area contributed by atoms with E-state index in [-0.39, 0.29) is 17.6 Å². The summed E-state index contributed by atoms with van der Waals surface area (Å²) < 4.78 is 16.3. The SMILES string of the molecule is CCCC(C)n1c(SCC(=O)O)nc2cc(I)c(F)cc21. The molecule has 0 amide bonds. The van der Waals surface area contributed by atoms with Crippen molar-refractivity contribution in [1.82, 2.24) is 9.55 Å². The number of thioether (sulfide) groups is 1. The van der Waals surface area contributed by atoms with Gasteiger partial charge in [-0.25, -0.2) is 9.37 Å². The zero-order chi connectivity index (χ0) is 15.6. The van der Waals surface area contributed by atoms with Crippen LogP contribution < -0.4 is 0 Å². The standard InChI is InChI=1S/C14H16FIN2O2S/c1-3-4-8(2)18-12-5-9(15)10(16)6-11(12)17-14(18)21-7-13(19)20/h5-6,8H,3-4,7H2,1-2H3,(H,19,20). The lowest BCUT2D eigenvalue weighted by Crippen LogP contribution is -2.08. The average Bonchev–Trinajstić information content (AvgIpc) is 2.75. The van der Waals surface area contributed by atoms with E-state index in [2.05, 4.69) is 11.9 Å². The summed E-state index contributed by atoms with van der Waals surface area (Å²) in [5.41, 5.74) is 1.43. The van der Waals surface area contributed by atoms with Gasteiger partial charge < -0.3 is 9.67 Å². The maximum absolute atomic E-state index is 13.9. The first kappa shape index (κ1) is 16.5. The van der Waals surface area contributed by atoms with E-state index < -0.39 is 5.97 Å². The molecule has 21 heavy (non-hydrogen) atoms. The number of hydrogen-bond acceptors (Lipinski definition) is 3. The molecule has 0 fully saturated rings. The third-order valence-electron chi connectivity index (χ3n) is 3.17. The first-order valence-corrected chi connectivity index (χ1v) is 8.72. The molecule has 7 heteroatoms. The fraction of sp³-hybridized carbons (Fsp3) is 0.429. The monoisotopic (exact) mass is 422 g/mol. The van der Waals surface area contributed by atoms with Crippen molar-refractivity contribution in [3.63, 3.8) is 0 Å². The molecule has 0 aliphatic carbocycles. The van der Waals surface area contributed by atoms with Gasteiger partial charge in [-0.1, -0.05) is 25.1 Å². The topological polar surface area (TPSA) is 55.1 Å². The van der Waals surface area contributed by atoms with Gasteiger partial charge in [0.25, 0.3) is 0 Å². The molecule has 2 aromatic rings. The molecule has 0 bridgehead atoms. The lowest BCUT2D eigenvalue weighted by molar-refractivity contribution is -0.133. The van der Waals surface area contributed by atoms with Crippen LogP contribution >= 0.6 is 34.4 Å². The number of carboxylic acid groups (broad SMARTS) is 1. The second-order valence-electron chi connectivity index (χ2n) is 4.84. The fourth-order valence-corrected chi connectivity index (χ4v) is 3.55. The van der Waals surface area contributed by atoms with E-state index in [0.717, 1.165) is 18.4 Å². The van der Waals surface area contributed by atoms with Gasteiger partial charge in [0.2, 0.25) is 0 Å². The minimum absolute atomic E-state index is 0.0538. The Balaban J connectivity index is 2.54. The van der Waals surface area contributed by atoms with Crippen LogP contribution in [0.2, 0.25) is 0 Å². The number of carboxylic acids is 1. The second-order valence-corrected chi connectivity index (χ2v) is 6.94. The van der Waals surface area contributed by atoms with Crippen molar-refractivity contribution >= 4 is 51.4 Å². The average molecular weight is 422 g/mol. The highest BCUT2D eigenvalue weighted by Gasteiger charge is 2.18. The fourth-order valence-electron chi connectivity index (χ4n) is 2.27. The van der Waals surface area contributed by atoms with Crippen molar-refractivity contribution in [1.29, 1.82) is 0 Å². The molecule has 0 spiro atoms. The Labute approximate surface area is 140 Å². The summed E-state index contributed by atoms with van der Waals surface area (Å²) in [4.78, 5) is 15.3. The number of nitrogens with zero attached hydrogens (tertiary/aromatic N) is 2. The van der Waals surface area contributed by atoms with Gasteiger partial charge in [-0.2, -0.15) is 0 Å². The molecular formula is C14H16FIN2O2S. The number of hydrogen-bond donors (Lipinski definition) is 1. The molecule has 2 rings (SSSR count). The number of carbonyl (C=O) groups is 1. The van der Waals surface area contributed by atoms with Crippen molar-refractivity contribution in [2.75, 3.05) is 5.75 Å². The largest absolute Gasteiger partial charge is 0.481 e. The Hall–Kier alpha value is -0.830. The summed E-state index contributed by atoms with van der Waals surface area (Å²) in [6.07, 6.45) is 1.93. The second kappa shape index (κ2) is 6.95. The van der Waals surface area contributed by atoms with Gasteiger partial charge in [-0.3, -0.25) is 4.79 Å². The molecule has 0 aliphatic rings. The minimum Gasteiger partial charge on any atom is -0.481 e. The summed E-state index contributed by atoms with van der Waals surface area (Å²) in [5.74, 6) is -1.22. The molecule has 0 aliphatic heterocycles. The lowest BCUT2D eigenvalue weighted by Gasteiger charge is -2.16. The summed E-state index contributed by atoms with van der Waals surface area (Å²) in [6, 6.07) is 3.34. The van der Waals surface area contributed by atoms with Crippen LogP contribution in [0.1, 0.15) is 32.7 Å². The third-order valence-corrected chi connectivity index (χ3v) is 4.94. The molecule has 1 aromatic carbocycles. The zero-order valence-electron chi connectivity index (χ0n) is 11.8. The molecule has 1 atom stereocenters. The number of imidazole rings is 1. The van der Waals surface area contributed by atoms with Crippen LogP contribution in [0, 0.1) is 9.39 Å². The van der Waals surface area contributed by atoms with Crippen molar-refractivity contribution in [3.8, 4) is 0 Å². The van der Waals surface area contributed by atoms with Crippen LogP contribution in [0.3, 0.4) is 0 Å². The molecular weight excluding hydrogens is 406 g/mol. The predicted molar refractivity (Wildman–Crippen MR) is 90.4 cm³/mol. The van der Waals surface area contributed by atoms with Gasteiger partial charge in [0.15, 0.2) is 5.16 Å². The van der Waals surface area contributed by atoms with E-state index in [0.29, 0.717) is 14.2 Å². The van der Waals surface area contributed by atoms with Gasteiger partial charge in [0.1, 0.15) is 5.82 Å². The molecule has 1 aromatic heterocycles. The van der Waals surface area contributed by atoms with Crippen LogP contribution in [-0.4, -0.2) is 26.4 Å². The van der Waals surface area contributed by atoms with Crippen molar-refractivity contribution in [3.05, 3.63) is 21.5 Å². The van der Waals surface area contributed by atoms with Gasteiger partial charge in [0, 0.05) is 12.1 Å². The van der Waals surface area contributed by atoms with Crippen molar-refractivity contribution in [2.24, 2.45) is 0 Å². The number of aliphatic carboxylic acids is 1. The Morgan fingerprint density at radius 1 is 1.57 bits per heavy atom. The number of benzene rings is 1. The van der Waals surface area contributed by atoms with Crippen LogP contribution in [0.15, 0.2) is 17.3 Å². The van der Waals surface area contributed by atoms with Gasteiger partial charge in [-0.05, 0) is 42.0 Å². The summed E-state index contributed by atoms with van der Waals surface area (Å²) in [6.45, 7) is 4.13. The Morgan fingerprint density at radius 2 is 2.29 bits per heavy atom. The zero-order valence-corrected chi connectivity index (χ0v) is 14.7. The highest BCUT2D eigenvalue weighted by molar-refractivity contribution is 14.1. The van der Waals surface area contributed by atoms with E-state index in [1.807, 2.05) is 34.1 Å². The smallest absolute Gasteiger partial charge is 0.313 e. The first-order chi connectivity index (χ1) is 9.93. The normalized spacial score (nSPS) is 12.8. The Kier molecular flexibility index (Phi) is 5.48. The number of halogens is 2. The van der Waals surface area contributed by atoms with E-state index in [1.54, 1.807) is 6.07 Å². The predicted octanol–water partition coefficient (Wildman–Crippen LogP) is 4.32. The molecule has 1 N–H and O–H groups in total. The van der Waals surface area contributed by atoms with E-state index >= 15 is 0 Å². The first-order valence-electron chi connectivity index (χ1n) is 6.65. The number of rotatable bonds is 6. The molecule has 1 unspecified atom stereocenters. The van der Waals surface area contributed by atoms with E-state index in [9.17, 15) is 9.18 Å². The summed E-state index contributed by atoms with van der Waals surface area (Å²) in [5, 5.41) is 9.49. The molecule has 0 radical (unpaired) electrons. The quantitative estimate of drug-likeness (QED) is 0.557. The highest BCUT2D eigenvalue weighted by atomic mass is 127. The van der Waals surface area contributed by atoms with Crippen molar-refractivity contribution in [2.45, 2.75) is 37.9 Å². The number of fused-ring (bicyclic) bond motifs is 1. The van der Waals surface area contributed by atoms with Crippen LogP contribution in [-0.2, 0) is 4.79 Å². The molecule has 4 nitrogen and oxygen atoms in total. The maximum Gasteiger partial charge on any atom is 0.313 e. The molecule has 114 valence electrons. The summed E-state index contributed by atoms with van der Waals surface area (Å²) >= 11 is 3.11. The van der Waals surface area contributed by atoms with Crippen LogP contribution in [0.5, 0.6) is 0 Å². The Morgan fingerprint density at radius 3 is 2.90 bits per heavy atom. The molecule has 0 saturated carbocycles. The molecule has 0 saturated heterocycles. The van der Waals surface area contributed by atoms with Gasteiger partial charge >= 0.3 is 5.97 Å². The lowest BCUT2D eigenvalue weighted by atomic mass is 10.2. The van der Waals surface area contributed by atoms with Crippen molar-refractivity contribution < 1.29 is 14.3 Å². The van der Waals surface area contributed by atoms with Crippen LogP contribution in [0.25, 0.3) is 11.0 Å². The van der Waals surface area contributed by atoms with Crippen LogP contribution in [0.4, 0.5) is 4.39 Å². The maximum atomic E-state index is 13.9. The number of aromatic nitrogens is 2. The molecule has 1 heterocycles. The summed E-state index contributed by atoms with van der Waals surface area (Å²) in [7, 11) is 0. The van der Waals surface area contributed by atoms with Gasteiger partial charge in [-0.15, -0.1) is 0 Å². The van der Waals surface area contributed by atoms with Gasteiger partial charge in [0.05, 0.1) is 20.4 Å². The Bertz CT molecular complexity index is 675. The third kappa shape index (κ3) is 3.68. The minimum atomic E-state index is -0.887.